The topological polar surface area (TPSA) is 119 Å². The molecule has 0 radical (unpaired) electrons. The highest BCUT2D eigenvalue weighted by Gasteiger charge is 2.30. The van der Waals surface area contributed by atoms with E-state index < -0.39 is 35.5 Å². The molecular weight excluding hydrogens is 498 g/mol. The number of alkyl carbamates (subject to hydrolysis) is 1. The zero-order valence-electron chi connectivity index (χ0n) is 23.4. The molecule has 3 rings (SSSR count). The van der Waals surface area contributed by atoms with Crippen LogP contribution in [-0.2, 0) is 23.9 Å². The van der Waals surface area contributed by atoms with E-state index in [1.807, 2.05) is 36.4 Å². The second kappa shape index (κ2) is 12.9. The number of benzene rings is 2. The normalized spacial score (nSPS) is 14.9. The van der Waals surface area contributed by atoms with Crippen LogP contribution in [0.2, 0.25) is 0 Å². The molecular formula is C31H39NO7. The van der Waals surface area contributed by atoms with Gasteiger partial charge in [-0.25, -0.2) is 4.79 Å². The molecule has 8 heteroatoms. The lowest BCUT2D eigenvalue weighted by Crippen LogP contribution is -2.35. The standard InChI is InChI=1S/C31H39NO7/c1-19(16-21(29(35)36)14-15-28(34)39-31(3,4)5)20(2)27(33)17-32-30(37)38-18-26-24-12-8-6-10-22(24)23-11-7-9-13-25(23)26/h6-13,19-21,26H,14-18H2,1-5H3,(H,32,37)(H,35,36). The summed E-state index contributed by atoms with van der Waals surface area (Å²) in [4.78, 5) is 49.0. The monoisotopic (exact) mass is 537 g/mol. The van der Waals surface area contributed by atoms with Crippen molar-refractivity contribution in [3.05, 3.63) is 59.7 Å². The zero-order valence-corrected chi connectivity index (χ0v) is 23.4. The fraction of sp³-hybridized carbons (Fsp3) is 0.484. The molecule has 8 nitrogen and oxygen atoms in total. The molecule has 0 bridgehead atoms. The summed E-state index contributed by atoms with van der Waals surface area (Å²) in [7, 11) is 0. The number of ketones is 1. The maximum atomic E-state index is 12.8. The van der Waals surface area contributed by atoms with E-state index in [9.17, 15) is 24.3 Å². The third-order valence-electron chi connectivity index (χ3n) is 7.23. The Bertz CT molecular complexity index is 1150. The van der Waals surface area contributed by atoms with Crippen LogP contribution >= 0.6 is 0 Å². The van der Waals surface area contributed by atoms with Crippen LogP contribution in [0.25, 0.3) is 11.1 Å². The lowest BCUT2D eigenvalue weighted by atomic mass is 9.83. The van der Waals surface area contributed by atoms with Gasteiger partial charge >= 0.3 is 18.0 Å². The van der Waals surface area contributed by atoms with Gasteiger partial charge in [-0.2, -0.15) is 0 Å². The van der Waals surface area contributed by atoms with Gasteiger partial charge in [0.15, 0.2) is 5.78 Å². The van der Waals surface area contributed by atoms with Gasteiger partial charge in [0.1, 0.15) is 12.2 Å². The molecule has 2 aromatic carbocycles. The molecule has 2 N–H and O–H groups in total. The van der Waals surface area contributed by atoms with Crippen molar-refractivity contribution in [1.29, 1.82) is 0 Å². The summed E-state index contributed by atoms with van der Waals surface area (Å²) in [6.07, 6.45) is -0.318. The Morgan fingerprint density at radius 2 is 1.51 bits per heavy atom. The molecule has 3 atom stereocenters. The Morgan fingerprint density at radius 3 is 2.05 bits per heavy atom. The molecule has 0 saturated heterocycles. The van der Waals surface area contributed by atoms with Crippen LogP contribution in [0.3, 0.4) is 0 Å². The van der Waals surface area contributed by atoms with Crippen LogP contribution in [0.15, 0.2) is 48.5 Å². The van der Waals surface area contributed by atoms with Crippen molar-refractivity contribution < 1.29 is 33.8 Å². The van der Waals surface area contributed by atoms with Gasteiger partial charge in [0.25, 0.3) is 0 Å². The number of amides is 1. The third-order valence-corrected chi connectivity index (χ3v) is 7.23. The molecule has 39 heavy (non-hydrogen) atoms. The van der Waals surface area contributed by atoms with Crippen LogP contribution in [0.5, 0.6) is 0 Å². The van der Waals surface area contributed by atoms with E-state index in [0.29, 0.717) is 0 Å². The van der Waals surface area contributed by atoms with Crippen molar-refractivity contribution in [2.45, 2.75) is 65.4 Å². The number of hydrogen-bond donors (Lipinski definition) is 2. The lowest BCUT2D eigenvalue weighted by Gasteiger charge is -2.23. The minimum Gasteiger partial charge on any atom is -0.481 e. The molecule has 0 spiro atoms. The first kappa shape index (κ1) is 29.9. The van der Waals surface area contributed by atoms with Crippen molar-refractivity contribution in [1.82, 2.24) is 5.32 Å². The van der Waals surface area contributed by atoms with Crippen LogP contribution < -0.4 is 5.32 Å². The molecule has 0 heterocycles. The Kier molecular flexibility index (Phi) is 9.89. The van der Waals surface area contributed by atoms with Crippen LogP contribution in [0.4, 0.5) is 4.79 Å². The largest absolute Gasteiger partial charge is 0.481 e. The summed E-state index contributed by atoms with van der Waals surface area (Å²) in [5, 5.41) is 12.2. The van der Waals surface area contributed by atoms with E-state index in [1.54, 1.807) is 34.6 Å². The Morgan fingerprint density at radius 1 is 0.949 bits per heavy atom. The van der Waals surface area contributed by atoms with Crippen molar-refractivity contribution in [2.24, 2.45) is 17.8 Å². The maximum absolute atomic E-state index is 12.8. The lowest BCUT2D eigenvalue weighted by molar-refractivity contribution is -0.155. The smallest absolute Gasteiger partial charge is 0.407 e. The Labute approximate surface area is 230 Å². The fourth-order valence-electron chi connectivity index (χ4n) is 4.97. The number of hydrogen-bond acceptors (Lipinski definition) is 6. The van der Waals surface area contributed by atoms with Crippen molar-refractivity contribution in [3.8, 4) is 11.1 Å². The molecule has 1 amide bonds. The molecule has 0 aliphatic heterocycles. The number of carbonyl (C=O) groups excluding carboxylic acids is 3. The van der Waals surface area contributed by atoms with Crippen molar-refractivity contribution in [2.75, 3.05) is 13.2 Å². The fourth-order valence-corrected chi connectivity index (χ4v) is 4.97. The number of carbonyl (C=O) groups is 4. The maximum Gasteiger partial charge on any atom is 0.407 e. The summed E-state index contributed by atoms with van der Waals surface area (Å²) in [6, 6.07) is 16.1. The van der Waals surface area contributed by atoms with E-state index in [2.05, 4.69) is 17.4 Å². The summed E-state index contributed by atoms with van der Waals surface area (Å²) < 4.78 is 10.8. The van der Waals surface area contributed by atoms with Gasteiger partial charge in [-0.3, -0.25) is 14.4 Å². The molecule has 0 saturated carbocycles. The second-order valence-electron chi connectivity index (χ2n) is 11.3. The van der Waals surface area contributed by atoms with Gasteiger partial charge in [0, 0.05) is 18.3 Å². The van der Waals surface area contributed by atoms with Crippen LogP contribution in [0.1, 0.15) is 70.9 Å². The van der Waals surface area contributed by atoms with Gasteiger partial charge in [-0.1, -0.05) is 62.4 Å². The summed E-state index contributed by atoms with van der Waals surface area (Å²) in [5.74, 6) is -3.28. The quantitative estimate of drug-likeness (QED) is 0.339. The summed E-state index contributed by atoms with van der Waals surface area (Å²) in [6.45, 7) is 8.73. The predicted octanol–water partition coefficient (Wildman–Crippen LogP) is 5.58. The first-order valence-corrected chi connectivity index (χ1v) is 13.4. The van der Waals surface area contributed by atoms with Gasteiger partial charge < -0.3 is 19.9 Å². The first-order valence-electron chi connectivity index (χ1n) is 13.4. The van der Waals surface area contributed by atoms with Gasteiger partial charge in [0.2, 0.25) is 0 Å². The van der Waals surface area contributed by atoms with Crippen LogP contribution in [-0.4, -0.2) is 47.7 Å². The minimum absolute atomic E-state index is 0.00732. The molecule has 2 aromatic rings. The minimum atomic E-state index is -1.01. The molecule has 0 fully saturated rings. The van der Waals surface area contributed by atoms with Gasteiger partial charge in [0.05, 0.1) is 12.5 Å². The van der Waals surface area contributed by atoms with E-state index in [1.165, 1.54) is 0 Å². The molecule has 1 aliphatic carbocycles. The van der Waals surface area contributed by atoms with Crippen molar-refractivity contribution >= 4 is 23.8 Å². The number of aliphatic carboxylic acids is 1. The first-order chi connectivity index (χ1) is 18.4. The highest BCUT2D eigenvalue weighted by Crippen LogP contribution is 2.44. The third kappa shape index (κ3) is 8.15. The number of carboxylic acids is 1. The second-order valence-corrected chi connectivity index (χ2v) is 11.3. The number of nitrogens with one attached hydrogen (secondary N) is 1. The number of Topliss-reactive ketones (excluding diaryl/α,β-unsaturated/α-hetero) is 1. The molecule has 210 valence electrons. The molecule has 3 unspecified atom stereocenters. The highest BCUT2D eigenvalue weighted by molar-refractivity contribution is 5.86. The highest BCUT2D eigenvalue weighted by atomic mass is 16.6. The van der Waals surface area contributed by atoms with Crippen LogP contribution in [0, 0.1) is 17.8 Å². The number of esters is 1. The average Bonchev–Trinajstić information content (AvgIpc) is 3.20. The van der Waals surface area contributed by atoms with E-state index in [-0.39, 0.29) is 50.0 Å². The predicted molar refractivity (Wildman–Crippen MR) is 147 cm³/mol. The van der Waals surface area contributed by atoms with E-state index >= 15 is 0 Å². The SMILES string of the molecule is CC(CC(CCC(=O)OC(C)(C)C)C(=O)O)C(C)C(=O)CNC(=O)OCC1c2ccccc2-c2ccccc21. The van der Waals surface area contributed by atoms with Gasteiger partial charge in [-0.15, -0.1) is 0 Å². The molecule has 1 aliphatic rings. The van der Waals surface area contributed by atoms with E-state index in [4.69, 9.17) is 9.47 Å². The van der Waals surface area contributed by atoms with Gasteiger partial charge in [-0.05, 0) is 61.8 Å². The zero-order chi connectivity index (χ0) is 28.7. The average molecular weight is 538 g/mol. The number of rotatable bonds is 12. The Balaban J connectivity index is 1.47. The molecule has 0 aromatic heterocycles. The van der Waals surface area contributed by atoms with E-state index in [0.717, 1.165) is 22.3 Å². The Hall–Kier alpha value is -3.68. The summed E-state index contributed by atoms with van der Waals surface area (Å²) in [5.41, 5.74) is 3.83. The number of ether oxygens (including phenoxy) is 2. The number of fused-ring (bicyclic) bond motifs is 3. The summed E-state index contributed by atoms with van der Waals surface area (Å²) >= 11 is 0. The van der Waals surface area contributed by atoms with Crippen molar-refractivity contribution in [3.63, 3.8) is 0 Å². The number of carboxylic acid groups (broad SMARTS) is 1.